The molecule has 204 valence electrons. The smallest absolute Gasteiger partial charge is 0.197 e. The van der Waals surface area contributed by atoms with Crippen LogP contribution >= 0.6 is 22.6 Å². The summed E-state index contributed by atoms with van der Waals surface area (Å²) in [6.45, 7) is 20.1. The van der Waals surface area contributed by atoms with Crippen molar-refractivity contribution in [1.82, 2.24) is 0 Å². The van der Waals surface area contributed by atoms with Gasteiger partial charge in [-0.25, -0.2) is 0 Å². The molecule has 0 aromatic rings. The Labute approximate surface area is 241 Å². The van der Waals surface area contributed by atoms with E-state index in [2.05, 4.69) is 106 Å². The number of halogens is 1. The fourth-order valence-corrected chi connectivity index (χ4v) is 9.41. The Balaban J connectivity index is 0.00000176. The molecule has 6 heteroatoms. The first kappa shape index (κ1) is 30.6. The molecule has 1 aliphatic heterocycles. The molecular formula is C30H49IO3SSi. The van der Waals surface area contributed by atoms with E-state index in [0.29, 0.717) is 17.3 Å². The maximum absolute atomic E-state index is 7.83. The zero-order chi connectivity index (χ0) is 26.9. The zero-order valence-corrected chi connectivity index (χ0v) is 27.8. The van der Waals surface area contributed by atoms with Crippen molar-refractivity contribution >= 4 is 43.4 Å². The topological polar surface area (TPSA) is 35.5 Å². The van der Waals surface area contributed by atoms with Gasteiger partial charge in [-0.15, -0.1) is 0 Å². The molecule has 1 heterocycles. The van der Waals surface area contributed by atoms with Crippen LogP contribution in [-0.2, 0) is 21.7 Å². The van der Waals surface area contributed by atoms with Gasteiger partial charge in [0.25, 0.3) is 0 Å². The molecule has 0 N–H and O–H groups in total. The summed E-state index contributed by atoms with van der Waals surface area (Å²) in [5.41, 5.74) is 5.22. The highest BCUT2D eigenvalue weighted by atomic mass is 127. The minimum Gasteiger partial charge on any atom is -0.410 e. The van der Waals surface area contributed by atoms with E-state index in [1.165, 1.54) is 44.1 Å². The third-order valence-electron chi connectivity index (χ3n) is 10.4. The summed E-state index contributed by atoms with van der Waals surface area (Å²) in [7, 11) is -1.81. The van der Waals surface area contributed by atoms with E-state index in [1.54, 1.807) is 11.1 Å². The van der Waals surface area contributed by atoms with E-state index >= 15 is 0 Å². The van der Waals surface area contributed by atoms with Crippen molar-refractivity contribution < 1.29 is 13.4 Å². The van der Waals surface area contributed by atoms with Crippen molar-refractivity contribution in [3.8, 4) is 0 Å². The first-order valence-corrected chi connectivity index (χ1v) is 18.5. The third-order valence-corrected chi connectivity index (χ3v) is 15.3. The molecule has 0 aromatic carbocycles. The lowest BCUT2D eigenvalue weighted by Crippen LogP contribution is -2.45. The molecule has 7 atom stereocenters. The number of ether oxygens (including phenoxy) is 1. The Morgan fingerprint density at radius 1 is 1.22 bits per heavy atom. The average molecular weight is 645 g/mol. The standard InChI is InChI=1S/C30H49IO2Si.OS/c1-20-16-23-24(28(17-20)33-34(7,8)29(3,4)5)19-32-27(23)18-22-10-9-14-30(6)25(11-12-26(22)30)21(2)13-15-31;1-2/h13,15,18,20-21,25-28H,9-12,14,16-17,19H2,1-8H3;/b15-13+,22-18+;/t20-,21-,25-,26+,27?,28+,30-;/m1./s1. The van der Waals surface area contributed by atoms with Gasteiger partial charge in [0.15, 0.2) is 20.9 Å². The van der Waals surface area contributed by atoms with Gasteiger partial charge in [-0.3, -0.25) is 0 Å². The van der Waals surface area contributed by atoms with Crippen LogP contribution in [-0.4, -0.2) is 31.3 Å². The van der Waals surface area contributed by atoms with Crippen LogP contribution in [0.1, 0.15) is 86.5 Å². The average Bonchev–Trinajstić information content (AvgIpc) is 3.35. The van der Waals surface area contributed by atoms with Gasteiger partial charge in [0.1, 0.15) is 0 Å². The minimum atomic E-state index is -1.81. The highest BCUT2D eigenvalue weighted by Crippen LogP contribution is 2.60. The predicted molar refractivity (Wildman–Crippen MR) is 164 cm³/mol. The summed E-state index contributed by atoms with van der Waals surface area (Å²) in [4.78, 5) is 0. The molecule has 4 rings (SSSR count). The minimum absolute atomic E-state index is 0.186. The van der Waals surface area contributed by atoms with Crippen molar-refractivity contribution in [2.24, 2.45) is 29.1 Å². The van der Waals surface area contributed by atoms with Crippen LogP contribution in [0.25, 0.3) is 0 Å². The second-order valence-electron chi connectivity index (χ2n) is 13.7. The molecule has 36 heavy (non-hydrogen) atoms. The largest absolute Gasteiger partial charge is 0.410 e. The number of allylic oxidation sites excluding steroid dienone is 2. The van der Waals surface area contributed by atoms with Gasteiger partial charge in [0.05, 0.1) is 18.8 Å². The van der Waals surface area contributed by atoms with Gasteiger partial charge >= 0.3 is 0 Å². The normalized spacial score (nSPS) is 37.0. The SMILES string of the molecule is C[C@@H]1CC2=C(COC2/C=C2\CCC[C@]3(C)[C@@H]([C@H](C)/C=C/I)CC[C@@H]23)[C@@H](O[Si](C)(C)C(C)(C)C)C1.O=S. The molecule has 4 aliphatic rings. The van der Waals surface area contributed by atoms with Crippen molar-refractivity contribution in [2.75, 3.05) is 6.61 Å². The van der Waals surface area contributed by atoms with Crippen molar-refractivity contribution in [2.45, 2.75) is 117 Å². The molecule has 2 saturated carbocycles. The van der Waals surface area contributed by atoms with Gasteiger partial charge in [-0.2, -0.15) is 4.21 Å². The lowest BCUT2D eigenvalue weighted by Gasteiger charge is -2.44. The van der Waals surface area contributed by atoms with Crippen LogP contribution in [0, 0.1) is 29.1 Å². The first-order valence-electron chi connectivity index (χ1n) is 14.0. The van der Waals surface area contributed by atoms with Crippen LogP contribution in [0.15, 0.2) is 33.0 Å². The van der Waals surface area contributed by atoms with Crippen molar-refractivity contribution in [1.29, 1.82) is 0 Å². The maximum Gasteiger partial charge on any atom is 0.197 e. The summed E-state index contributed by atoms with van der Waals surface area (Å²) < 4.78 is 23.6. The van der Waals surface area contributed by atoms with Crippen LogP contribution in [0.5, 0.6) is 0 Å². The molecular weight excluding hydrogens is 595 g/mol. The molecule has 0 amide bonds. The summed E-state index contributed by atoms with van der Waals surface area (Å²) in [5.74, 6) is 2.90. The summed E-state index contributed by atoms with van der Waals surface area (Å²) in [6, 6.07) is 0. The third kappa shape index (κ3) is 6.13. The first-order chi connectivity index (χ1) is 16.9. The fraction of sp³-hybridized carbons (Fsp3) is 0.800. The Bertz CT molecular complexity index is 876. The Kier molecular flexibility index (Phi) is 10.3. The van der Waals surface area contributed by atoms with Gasteiger partial charge in [0.2, 0.25) is 0 Å². The molecule has 3 aliphatic carbocycles. The lowest BCUT2D eigenvalue weighted by atomic mass is 9.61. The van der Waals surface area contributed by atoms with Gasteiger partial charge in [-0.1, -0.05) is 81.9 Å². The van der Waals surface area contributed by atoms with Crippen LogP contribution < -0.4 is 0 Å². The molecule has 0 saturated heterocycles. The van der Waals surface area contributed by atoms with E-state index in [1.807, 2.05) is 0 Å². The summed E-state index contributed by atoms with van der Waals surface area (Å²) in [6.07, 6.45) is 14.5. The van der Waals surface area contributed by atoms with Crippen LogP contribution in [0.2, 0.25) is 18.1 Å². The number of rotatable bonds is 5. The molecule has 3 nitrogen and oxygen atoms in total. The molecule has 0 bridgehead atoms. The Morgan fingerprint density at radius 2 is 1.92 bits per heavy atom. The molecule has 0 aromatic heterocycles. The van der Waals surface area contributed by atoms with Crippen molar-refractivity contribution in [3.05, 3.63) is 33.0 Å². The molecule has 2 fully saturated rings. The quantitative estimate of drug-likeness (QED) is 0.170. The van der Waals surface area contributed by atoms with Crippen molar-refractivity contribution in [3.63, 3.8) is 0 Å². The van der Waals surface area contributed by atoms with E-state index in [4.69, 9.17) is 13.4 Å². The molecule has 1 unspecified atom stereocenters. The maximum atomic E-state index is 7.83. The fourth-order valence-electron chi connectivity index (χ4n) is 7.46. The van der Waals surface area contributed by atoms with E-state index < -0.39 is 8.32 Å². The van der Waals surface area contributed by atoms with E-state index in [-0.39, 0.29) is 17.2 Å². The number of hydrogen-bond donors (Lipinski definition) is 0. The zero-order valence-electron chi connectivity index (χ0n) is 23.9. The predicted octanol–water partition coefficient (Wildman–Crippen LogP) is 8.89. The highest BCUT2D eigenvalue weighted by Gasteiger charge is 2.51. The Hall–Kier alpha value is 0.107. The van der Waals surface area contributed by atoms with E-state index in [9.17, 15) is 0 Å². The number of fused-ring (bicyclic) bond motifs is 1. The van der Waals surface area contributed by atoms with E-state index in [0.717, 1.165) is 24.9 Å². The summed E-state index contributed by atoms with van der Waals surface area (Å²) >= 11 is 5.22. The summed E-state index contributed by atoms with van der Waals surface area (Å²) in [5, 5.41) is 0.241. The van der Waals surface area contributed by atoms with Gasteiger partial charge < -0.3 is 9.16 Å². The highest BCUT2D eigenvalue weighted by molar-refractivity contribution is 14.1. The van der Waals surface area contributed by atoms with Gasteiger partial charge in [-0.05, 0) is 107 Å². The number of hydrogen-bond acceptors (Lipinski definition) is 4. The monoisotopic (exact) mass is 644 g/mol. The van der Waals surface area contributed by atoms with Crippen LogP contribution in [0.4, 0.5) is 0 Å². The second-order valence-corrected chi connectivity index (χ2v) is 19.2. The van der Waals surface area contributed by atoms with Crippen LogP contribution in [0.3, 0.4) is 0 Å². The second kappa shape index (κ2) is 12.1. The van der Waals surface area contributed by atoms with Gasteiger partial charge in [0, 0.05) is 0 Å². The molecule has 0 spiro atoms. The Morgan fingerprint density at radius 3 is 2.56 bits per heavy atom. The molecule has 0 radical (unpaired) electrons. The lowest BCUT2D eigenvalue weighted by molar-refractivity contribution is 0.108.